The summed E-state index contributed by atoms with van der Waals surface area (Å²) < 4.78 is 16.2. The van der Waals surface area contributed by atoms with Gasteiger partial charge in [-0.15, -0.1) is 0 Å². The third kappa shape index (κ3) is 7.32. The van der Waals surface area contributed by atoms with Crippen LogP contribution in [0.25, 0.3) is 0 Å². The van der Waals surface area contributed by atoms with Crippen LogP contribution in [0.5, 0.6) is 0 Å². The Morgan fingerprint density at radius 2 is 1.81 bits per heavy atom. The topological polar surface area (TPSA) is 184 Å². The molecule has 0 saturated carbocycles. The van der Waals surface area contributed by atoms with E-state index in [1.807, 2.05) is 0 Å². The largest absolute Gasteiger partial charge is 0.394 e. The zero-order valence-corrected chi connectivity index (χ0v) is 17.6. The SMILES string of the molecule is CC(=O)NC1C(OCCOCCNC(=O)CCN2C(=O)C=CC2=O)OC(CO)C(O)C1O. The average Bonchev–Trinajstić information content (AvgIpc) is 3.07. The van der Waals surface area contributed by atoms with Crippen molar-refractivity contribution in [1.82, 2.24) is 15.5 Å². The monoisotopic (exact) mass is 459 g/mol. The van der Waals surface area contributed by atoms with Crippen molar-refractivity contribution in [3.05, 3.63) is 12.2 Å². The van der Waals surface area contributed by atoms with Crippen LogP contribution in [-0.2, 0) is 33.4 Å². The highest BCUT2D eigenvalue weighted by atomic mass is 16.7. The minimum atomic E-state index is -1.40. The summed E-state index contributed by atoms with van der Waals surface area (Å²) in [5.74, 6) is -1.68. The Kier molecular flexibility index (Phi) is 10.2. The summed E-state index contributed by atoms with van der Waals surface area (Å²) in [6.07, 6.45) is -2.69. The molecule has 32 heavy (non-hydrogen) atoms. The van der Waals surface area contributed by atoms with Crippen molar-refractivity contribution in [2.75, 3.05) is 39.5 Å². The summed E-state index contributed by atoms with van der Waals surface area (Å²) in [5.41, 5.74) is 0. The molecule has 0 radical (unpaired) electrons. The van der Waals surface area contributed by atoms with Crippen LogP contribution in [0.1, 0.15) is 13.3 Å². The van der Waals surface area contributed by atoms with Gasteiger partial charge in [0.15, 0.2) is 6.29 Å². The minimum absolute atomic E-state index is 0.00255. The molecule has 13 heteroatoms. The zero-order valence-electron chi connectivity index (χ0n) is 17.6. The van der Waals surface area contributed by atoms with Gasteiger partial charge in [-0.3, -0.25) is 24.1 Å². The van der Waals surface area contributed by atoms with Crippen molar-refractivity contribution in [3.63, 3.8) is 0 Å². The second-order valence-corrected chi connectivity index (χ2v) is 7.18. The maximum atomic E-state index is 11.8. The predicted molar refractivity (Wildman–Crippen MR) is 106 cm³/mol. The maximum Gasteiger partial charge on any atom is 0.253 e. The summed E-state index contributed by atoms with van der Waals surface area (Å²) in [6, 6.07) is -1.03. The molecular weight excluding hydrogens is 430 g/mol. The molecule has 2 heterocycles. The smallest absolute Gasteiger partial charge is 0.253 e. The fourth-order valence-electron chi connectivity index (χ4n) is 3.15. The van der Waals surface area contributed by atoms with E-state index in [9.17, 15) is 34.5 Å². The number of carbonyl (C=O) groups is 4. The van der Waals surface area contributed by atoms with Gasteiger partial charge in [0.05, 0.1) is 26.4 Å². The van der Waals surface area contributed by atoms with Gasteiger partial charge in [-0.05, 0) is 0 Å². The van der Waals surface area contributed by atoms with E-state index in [0.29, 0.717) is 0 Å². The van der Waals surface area contributed by atoms with Crippen LogP contribution in [0, 0.1) is 0 Å². The van der Waals surface area contributed by atoms with Crippen LogP contribution in [-0.4, -0.2) is 114 Å². The summed E-state index contributed by atoms with van der Waals surface area (Å²) in [5, 5.41) is 34.4. The Labute approximate surface area is 184 Å². The van der Waals surface area contributed by atoms with Gasteiger partial charge in [0.2, 0.25) is 11.8 Å². The number of aliphatic hydroxyl groups excluding tert-OH is 3. The van der Waals surface area contributed by atoms with E-state index in [4.69, 9.17) is 14.2 Å². The first-order chi connectivity index (χ1) is 15.2. The van der Waals surface area contributed by atoms with Gasteiger partial charge in [-0.1, -0.05) is 0 Å². The maximum absolute atomic E-state index is 11.8. The number of hydrogen-bond donors (Lipinski definition) is 5. The summed E-state index contributed by atoms with van der Waals surface area (Å²) in [6.45, 7) is 1.18. The third-order valence-electron chi connectivity index (χ3n) is 4.79. The fraction of sp³-hybridized carbons (Fsp3) is 0.684. The second-order valence-electron chi connectivity index (χ2n) is 7.18. The second kappa shape index (κ2) is 12.6. The average molecular weight is 459 g/mol. The summed E-state index contributed by atoms with van der Waals surface area (Å²) in [7, 11) is 0. The van der Waals surface area contributed by atoms with Crippen molar-refractivity contribution >= 4 is 23.6 Å². The normalized spacial score (nSPS) is 27.6. The van der Waals surface area contributed by atoms with Gasteiger partial charge < -0.3 is 40.2 Å². The lowest BCUT2D eigenvalue weighted by Crippen LogP contribution is -2.64. The molecule has 4 amide bonds. The van der Waals surface area contributed by atoms with E-state index in [0.717, 1.165) is 17.1 Å². The first-order valence-corrected chi connectivity index (χ1v) is 10.1. The molecule has 0 spiro atoms. The number of carbonyl (C=O) groups excluding carboxylic acids is 4. The summed E-state index contributed by atoms with van der Waals surface area (Å²) >= 11 is 0. The lowest BCUT2D eigenvalue weighted by molar-refractivity contribution is -0.272. The third-order valence-corrected chi connectivity index (χ3v) is 4.79. The molecule has 2 aliphatic heterocycles. The van der Waals surface area contributed by atoms with Crippen LogP contribution in [0.2, 0.25) is 0 Å². The van der Waals surface area contributed by atoms with Crippen molar-refractivity contribution in [1.29, 1.82) is 0 Å². The molecule has 0 aliphatic carbocycles. The molecule has 2 aliphatic rings. The number of nitrogens with zero attached hydrogens (tertiary/aromatic N) is 1. The zero-order chi connectivity index (χ0) is 23.7. The molecule has 0 aromatic carbocycles. The van der Waals surface area contributed by atoms with Crippen LogP contribution in [0.15, 0.2) is 12.2 Å². The standard InChI is InChI=1S/C19H29N3O10/c1-11(24)21-16-18(29)17(28)12(10-23)32-19(16)31-9-8-30-7-5-20-13(25)4-6-22-14(26)2-3-15(22)27/h2-3,12,16-19,23,28-29H,4-10H2,1H3,(H,20,25)(H,21,24). The fourth-order valence-corrected chi connectivity index (χ4v) is 3.15. The number of nitrogens with one attached hydrogen (secondary N) is 2. The Hall–Kier alpha value is -2.42. The number of rotatable bonds is 12. The Balaban J connectivity index is 1.61. The van der Waals surface area contributed by atoms with E-state index in [1.165, 1.54) is 6.92 Å². The molecule has 1 fully saturated rings. The molecular formula is C19H29N3O10. The highest BCUT2D eigenvalue weighted by molar-refractivity contribution is 6.13. The van der Waals surface area contributed by atoms with E-state index in [-0.39, 0.29) is 45.2 Å². The minimum Gasteiger partial charge on any atom is -0.394 e. The number of amides is 4. The molecule has 0 bridgehead atoms. The first kappa shape index (κ1) is 25.8. The number of hydrogen-bond acceptors (Lipinski definition) is 10. The first-order valence-electron chi connectivity index (χ1n) is 10.1. The van der Waals surface area contributed by atoms with Crippen LogP contribution >= 0.6 is 0 Å². The molecule has 5 unspecified atom stereocenters. The number of imide groups is 1. The van der Waals surface area contributed by atoms with Gasteiger partial charge in [-0.25, -0.2) is 0 Å². The summed E-state index contributed by atoms with van der Waals surface area (Å²) in [4.78, 5) is 46.9. The van der Waals surface area contributed by atoms with Gasteiger partial charge >= 0.3 is 0 Å². The van der Waals surface area contributed by atoms with Gasteiger partial charge in [0.25, 0.3) is 11.8 Å². The van der Waals surface area contributed by atoms with Crippen LogP contribution in [0.4, 0.5) is 0 Å². The molecule has 13 nitrogen and oxygen atoms in total. The molecule has 0 aromatic heterocycles. The Bertz CT molecular complexity index is 697. The van der Waals surface area contributed by atoms with Crippen molar-refractivity contribution < 1.29 is 48.7 Å². The molecule has 0 aromatic rings. The quantitative estimate of drug-likeness (QED) is 0.144. The van der Waals surface area contributed by atoms with Crippen molar-refractivity contribution in [2.24, 2.45) is 0 Å². The predicted octanol–water partition coefficient (Wildman–Crippen LogP) is -3.61. The molecule has 5 N–H and O–H groups in total. The lowest BCUT2D eigenvalue weighted by atomic mass is 9.97. The van der Waals surface area contributed by atoms with Crippen LogP contribution < -0.4 is 10.6 Å². The number of ether oxygens (including phenoxy) is 3. The molecule has 180 valence electrons. The highest BCUT2D eigenvalue weighted by Crippen LogP contribution is 2.22. The van der Waals surface area contributed by atoms with Crippen molar-refractivity contribution in [2.45, 2.75) is 44.0 Å². The lowest BCUT2D eigenvalue weighted by Gasteiger charge is -2.42. The van der Waals surface area contributed by atoms with E-state index in [2.05, 4.69) is 10.6 Å². The van der Waals surface area contributed by atoms with E-state index >= 15 is 0 Å². The Morgan fingerprint density at radius 1 is 1.12 bits per heavy atom. The van der Waals surface area contributed by atoms with Gasteiger partial charge in [0.1, 0.15) is 24.4 Å². The highest BCUT2D eigenvalue weighted by Gasteiger charge is 2.45. The molecule has 5 atom stereocenters. The van der Waals surface area contributed by atoms with E-state index in [1.54, 1.807) is 0 Å². The van der Waals surface area contributed by atoms with Crippen LogP contribution in [0.3, 0.4) is 0 Å². The Morgan fingerprint density at radius 3 is 2.44 bits per heavy atom. The van der Waals surface area contributed by atoms with Gasteiger partial charge in [-0.2, -0.15) is 0 Å². The van der Waals surface area contributed by atoms with Crippen molar-refractivity contribution in [3.8, 4) is 0 Å². The number of aliphatic hydroxyl groups is 3. The molecule has 2 rings (SSSR count). The van der Waals surface area contributed by atoms with Gasteiger partial charge in [0, 0.05) is 38.6 Å². The van der Waals surface area contributed by atoms with E-state index < -0.39 is 55.0 Å². The molecule has 1 saturated heterocycles.